The lowest BCUT2D eigenvalue weighted by Crippen LogP contribution is -2.49. The standard InChI is InChI=1S/C22H26N6O/c1-15-8-9-18(14-17(15)3)23-21-20(24-26-25-21)22(29)28-12-10-27(11-13-28)19-7-5-4-6-16(19)2/h4-9,14H,10-13H2,1-3H3,(H2,23,24,25,26). The summed E-state index contributed by atoms with van der Waals surface area (Å²) in [6, 6.07) is 14.4. The summed E-state index contributed by atoms with van der Waals surface area (Å²) in [6.45, 7) is 9.16. The highest BCUT2D eigenvalue weighted by Gasteiger charge is 2.27. The number of carbonyl (C=O) groups is 1. The highest BCUT2D eigenvalue weighted by atomic mass is 16.2. The average Bonchev–Trinajstić information content (AvgIpc) is 3.19. The zero-order chi connectivity index (χ0) is 20.4. The maximum Gasteiger partial charge on any atom is 0.278 e. The van der Waals surface area contributed by atoms with E-state index in [1.165, 1.54) is 22.4 Å². The van der Waals surface area contributed by atoms with E-state index in [2.05, 4.69) is 64.6 Å². The first kappa shape index (κ1) is 19.0. The van der Waals surface area contributed by atoms with E-state index in [1.807, 2.05) is 29.2 Å². The number of piperazine rings is 1. The minimum Gasteiger partial charge on any atom is -0.368 e. The Hall–Kier alpha value is -3.35. The van der Waals surface area contributed by atoms with Gasteiger partial charge in [0.05, 0.1) is 0 Å². The van der Waals surface area contributed by atoms with Crippen LogP contribution in [-0.2, 0) is 0 Å². The van der Waals surface area contributed by atoms with Crippen LogP contribution >= 0.6 is 0 Å². The molecule has 0 spiro atoms. The Kier molecular flexibility index (Phi) is 5.20. The summed E-state index contributed by atoms with van der Waals surface area (Å²) >= 11 is 0. The molecular weight excluding hydrogens is 364 g/mol. The van der Waals surface area contributed by atoms with Crippen LogP contribution in [0, 0.1) is 20.8 Å². The Bertz CT molecular complexity index is 1020. The van der Waals surface area contributed by atoms with Gasteiger partial charge in [-0.25, -0.2) is 0 Å². The van der Waals surface area contributed by atoms with Gasteiger partial charge in [0.1, 0.15) is 0 Å². The van der Waals surface area contributed by atoms with Crippen LogP contribution in [0.15, 0.2) is 42.5 Å². The third kappa shape index (κ3) is 3.94. The van der Waals surface area contributed by atoms with Crippen molar-refractivity contribution in [3.63, 3.8) is 0 Å². The van der Waals surface area contributed by atoms with Crippen molar-refractivity contribution in [2.24, 2.45) is 0 Å². The van der Waals surface area contributed by atoms with Gasteiger partial charge in [0, 0.05) is 37.6 Å². The first-order valence-electron chi connectivity index (χ1n) is 9.88. The molecule has 2 N–H and O–H groups in total. The molecule has 2 aromatic carbocycles. The van der Waals surface area contributed by atoms with Crippen molar-refractivity contribution >= 4 is 23.1 Å². The Morgan fingerprint density at radius 3 is 2.41 bits per heavy atom. The molecule has 29 heavy (non-hydrogen) atoms. The third-order valence-electron chi connectivity index (χ3n) is 5.54. The van der Waals surface area contributed by atoms with Crippen molar-refractivity contribution in [2.75, 3.05) is 36.4 Å². The molecule has 1 aliphatic heterocycles. The third-order valence-corrected chi connectivity index (χ3v) is 5.54. The number of amides is 1. The van der Waals surface area contributed by atoms with Gasteiger partial charge in [-0.2, -0.15) is 5.21 Å². The molecule has 7 nitrogen and oxygen atoms in total. The lowest BCUT2D eigenvalue weighted by Gasteiger charge is -2.36. The lowest BCUT2D eigenvalue weighted by atomic mass is 10.1. The quantitative estimate of drug-likeness (QED) is 0.714. The fraction of sp³-hybridized carbons (Fsp3) is 0.318. The van der Waals surface area contributed by atoms with E-state index < -0.39 is 0 Å². The number of H-pyrrole nitrogens is 1. The van der Waals surface area contributed by atoms with Gasteiger partial charge in [-0.3, -0.25) is 4.79 Å². The van der Waals surface area contributed by atoms with E-state index in [0.29, 0.717) is 24.6 Å². The largest absolute Gasteiger partial charge is 0.368 e. The number of para-hydroxylation sites is 1. The highest BCUT2D eigenvalue weighted by molar-refractivity contribution is 5.97. The predicted octanol–water partition coefficient (Wildman–Crippen LogP) is 3.44. The summed E-state index contributed by atoms with van der Waals surface area (Å²) in [7, 11) is 0. The fourth-order valence-corrected chi connectivity index (χ4v) is 3.64. The van der Waals surface area contributed by atoms with Gasteiger partial charge in [0.15, 0.2) is 11.5 Å². The number of rotatable bonds is 4. The van der Waals surface area contributed by atoms with Crippen LogP contribution < -0.4 is 10.2 Å². The monoisotopic (exact) mass is 390 g/mol. The minimum atomic E-state index is -0.102. The first-order chi connectivity index (χ1) is 14.0. The van der Waals surface area contributed by atoms with Crippen molar-refractivity contribution in [3.05, 3.63) is 64.8 Å². The Morgan fingerprint density at radius 2 is 1.69 bits per heavy atom. The number of hydrogen-bond donors (Lipinski definition) is 2. The number of nitrogens with zero attached hydrogens (tertiary/aromatic N) is 4. The SMILES string of the molecule is Cc1ccc(Nc2n[nH]nc2C(=O)N2CCN(c3ccccc3C)CC2)cc1C. The van der Waals surface area contributed by atoms with Crippen molar-refractivity contribution in [1.82, 2.24) is 20.3 Å². The Labute approximate surface area is 170 Å². The topological polar surface area (TPSA) is 77.1 Å². The predicted molar refractivity (Wildman–Crippen MR) is 115 cm³/mol. The number of anilines is 3. The van der Waals surface area contributed by atoms with Gasteiger partial charge >= 0.3 is 0 Å². The highest BCUT2D eigenvalue weighted by Crippen LogP contribution is 2.23. The Morgan fingerprint density at radius 1 is 0.931 bits per heavy atom. The van der Waals surface area contributed by atoms with Crippen molar-refractivity contribution in [2.45, 2.75) is 20.8 Å². The molecule has 0 aliphatic carbocycles. The van der Waals surface area contributed by atoms with Crippen molar-refractivity contribution < 1.29 is 4.79 Å². The zero-order valence-corrected chi connectivity index (χ0v) is 17.1. The molecule has 1 aromatic heterocycles. The van der Waals surface area contributed by atoms with E-state index in [1.54, 1.807) is 0 Å². The second-order valence-electron chi connectivity index (χ2n) is 7.51. The summed E-state index contributed by atoms with van der Waals surface area (Å²) < 4.78 is 0. The van der Waals surface area contributed by atoms with Crippen LogP contribution in [0.4, 0.5) is 17.2 Å². The van der Waals surface area contributed by atoms with Gasteiger partial charge < -0.3 is 15.1 Å². The number of aromatic nitrogens is 3. The number of benzene rings is 2. The average molecular weight is 390 g/mol. The Balaban J connectivity index is 1.44. The molecular formula is C22H26N6O. The molecule has 0 radical (unpaired) electrons. The smallest absolute Gasteiger partial charge is 0.278 e. The number of hydrogen-bond acceptors (Lipinski definition) is 5. The van der Waals surface area contributed by atoms with Crippen LogP contribution in [0.3, 0.4) is 0 Å². The molecule has 7 heteroatoms. The lowest BCUT2D eigenvalue weighted by molar-refractivity contribution is 0.0742. The summed E-state index contributed by atoms with van der Waals surface area (Å²) in [4.78, 5) is 17.2. The van der Waals surface area contributed by atoms with Crippen molar-refractivity contribution in [3.8, 4) is 0 Å². The van der Waals surface area contributed by atoms with Crippen LogP contribution in [0.1, 0.15) is 27.2 Å². The molecule has 2 heterocycles. The molecule has 3 aromatic rings. The molecule has 1 saturated heterocycles. The van der Waals surface area contributed by atoms with Crippen LogP contribution in [0.2, 0.25) is 0 Å². The molecule has 150 valence electrons. The fourth-order valence-electron chi connectivity index (χ4n) is 3.64. The van der Waals surface area contributed by atoms with Gasteiger partial charge in [-0.1, -0.05) is 24.3 Å². The van der Waals surface area contributed by atoms with Gasteiger partial charge in [0.25, 0.3) is 5.91 Å². The molecule has 1 aliphatic rings. The van der Waals surface area contributed by atoms with E-state index in [0.717, 1.165) is 18.8 Å². The number of carbonyl (C=O) groups excluding carboxylic acids is 1. The summed E-state index contributed by atoms with van der Waals surface area (Å²) in [5.41, 5.74) is 6.10. The van der Waals surface area contributed by atoms with Crippen LogP contribution in [-0.4, -0.2) is 52.4 Å². The molecule has 1 amide bonds. The summed E-state index contributed by atoms with van der Waals surface area (Å²) in [5.74, 6) is 0.356. The number of aryl methyl sites for hydroxylation is 3. The van der Waals surface area contributed by atoms with E-state index in [9.17, 15) is 4.79 Å². The molecule has 4 rings (SSSR count). The van der Waals surface area contributed by atoms with E-state index in [4.69, 9.17) is 0 Å². The zero-order valence-electron chi connectivity index (χ0n) is 17.1. The van der Waals surface area contributed by atoms with E-state index >= 15 is 0 Å². The van der Waals surface area contributed by atoms with Crippen LogP contribution in [0.5, 0.6) is 0 Å². The van der Waals surface area contributed by atoms with Gasteiger partial charge in [-0.05, 0) is 55.7 Å². The normalized spacial score (nSPS) is 14.2. The molecule has 0 saturated carbocycles. The van der Waals surface area contributed by atoms with E-state index in [-0.39, 0.29) is 5.91 Å². The number of aromatic amines is 1. The maximum absolute atomic E-state index is 13.0. The molecule has 0 bridgehead atoms. The number of nitrogens with one attached hydrogen (secondary N) is 2. The van der Waals surface area contributed by atoms with Gasteiger partial charge in [-0.15, -0.1) is 10.2 Å². The summed E-state index contributed by atoms with van der Waals surface area (Å²) in [5, 5.41) is 14.1. The second kappa shape index (κ2) is 7.95. The van der Waals surface area contributed by atoms with Gasteiger partial charge in [0.2, 0.25) is 0 Å². The molecule has 0 atom stereocenters. The summed E-state index contributed by atoms with van der Waals surface area (Å²) in [6.07, 6.45) is 0. The molecule has 0 unspecified atom stereocenters. The minimum absolute atomic E-state index is 0.102. The molecule has 1 fully saturated rings. The maximum atomic E-state index is 13.0. The second-order valence-corrected chi connectivity index (χ2v) is 7.51. The first-order valence-corrected chi connectivity index (χ1v) is 9.88. The van der Waals surface area contributed by atoms with Crippen molar-refractivity contribution in [1.29, 1.82) is 0 Å². The van der Waals surface area contributed by atoms with Crippen LogP contribution in [0.25, 0.3) is 0 Å².